The zero-order valence-electron chi connectivity index (χ0n) is 14.2. The summed E-state index contributed by atoms with van der Waals surface area (Å²) >= 11 is 1.25. The first kappa shape index (κ1) is 17.6. The van der Waals surface area contributed by atoms with Crippen LogP contribution in [0.1, 0.15) is 38.2 Å². The summed E-state index contributed by atoms with van der Waals surface area (Å²) in [6.45, 7) is 2.69. The highest BCUT2D eigenvalue weighted by atomic mass is 32.2. The minimum Gasteiger partial charge on any atom is -0.282 e. The SMILES string of the molecule is CCCCc1ccc(-n2nnnc2SCC(=O)N2CCCC2=O)cc1. The third-order valence-electron chi connectivity index (χ3n) is 4.14. The second kappa shape index (κ2) is 8.24. The van der Waals surface area contributed by atoms with E-state index >= 15 is 0 Å². The maximum Gasteiger partial charge on any atom is 0.239 e. The zero-order chi connectivity index (χ0) is 17.6. The van der Waals surface area contributed by atoms with Crippen LogP contribution >= 0.6 is 11.8 Å². The fourth-order valence-corrected chi connectivity index (χ4v) is 3.50. The molecule has 2 aromatic rings. The van der Waals surface area contributed by atoms with E-state index < -0.39 is 0 Å². The van der Waals surface area contributed by atoms with Gasteiger partial charge in [0.15, 0.2) is 0 Å². The smallest absolute Gasteiger partial charge is 0.239 e. The standard InChI is InChI=1S/C17H21N5O2S/c1-2-3-5-13-7-9-14(10-8-13)22-17(18-19-20-22)25-12-16(24)21-11-4-6-15(21)23/h7-10H,2-6,11-12H2,1H3. The highest BCUT2D eigenvalue weighted by molar-refractivity contribution is 7.99. The topological polar surface area (TPSA) is 81.0 Å². The first-order valence-electron chi connectivity index (χ1n) is 8.52. The minimum absolute atomic E-state index is 0.0899. The summed E-state index contributed by atoms with van der Waals surface area (Å²) in [6, 6.07) is 8.12. The molecule has 0 radical (unpaired) electrons. The first-order valence-corrected chi connectivity index (χ1v) is 9.51. The molecule has 3 rings (SSSR count). The van der Waals surface area contributed by atoms with Crippen molar-refractivity contribution in [1.29, 1.82) is 0 Å². The Labute approximate surface area is 150 Å². The van der Waals surface area contributed by atoms with Crippen LogP contribution < -0.4 is 0 Å². The van der Waals surface area contributed by atoms with Gasteiger partial charge in [-0.2, -0.15) is 4.68 Å². The molecule has 0 N–H and O–H groups in total. The van der Waals surface area contributed by atoms with Gasteiger partial charge in [-0.3, -0.25) is 14.5 Å². The number of aryl methyl sites for hydroxylation is 1. The van der Waals surface area contributed by atoms with Gasteiger partial charge in [0.1, 0.15) is 0 Å². The van der Waals surface area contributed by atoms with Crippen molar-refractivity contribution in [3.8, 4) is 5.69 Å². The predicted molar refractivity (Wildman–Crippen MR) is 94.4 cm³/mol. The van der Waals surface area contributed by atoms with Crippen LogP contribution in [0.25, 0.3) is 5.69 Å². The summed E-state index contributed by atoms with van der Waals surface area (Å²) in [5.74, 6) is -0.120. The number of hydrogen-bond donors (Lipinski definition) is 0. The number of amides is 2. The van der Waals surface area contributed by atoms with Gasteiger partial charge in [-0.05, 0) is 47.4 Å². The maximum absolute atomic E-state index is 12.2. The van der Waals surface area contributed by atoms with Crippen LogP contribution in [0.4, 0.5) is 0 Å². The maximum atomic E-state index is 12.2. The third-order valence-corrected chi connectivity index (χ3v) is 5.04. The summed E-state index contributed by atoms with van der Waals surface area (Å²) < 4.78 is 1.62. The van der Waals surface area contributed by atoms with E-state index in [1.165, 1.54) is 35.1 Å². The Morgan fingerprint density at radius 3 is 2.76 bits per heavy atom. The van der Waals surface area contributed by atoms with E-state index in [2.05, 4.69) is 34.6 Å². The van der Waals surface area contributed by atoms with E-state index in [9.17, 15) is 9.59 Å². The fourth-order valence-electron chi connectivity index (χ4n) is 2.73. The summed E-state index contributed by atoms with van der Waals surface area (Å²) in [5, 5.41) is 12.3. The molecule has 0 atom stereocenters. The van der Waals surface area contributed by atoms with Gasteiger partial charge in [-0.25, -0.2) is 0 Å². The van der Waals surface area contributed by atoms with Crippen molar-refractivity contribution in [1.82, 2.24) is 25.1 Å². The largest absolute Gasteiger partial charge is 0.282 e. The van der Waals surface area contributed by atoms with Crippen LogP contribution in [0.15, 0.2) is 29.4 Å². The first-order chi connectivity index (χ1) is 12.2. The lowest BCUT2D eigenvalue weighted by atomic mass is 10.1. The Bertz CT molecular complexity index is 744. The Hall–Kier alpha value is -2.22. The van der Waals surface area contributed by atoms with Crippen LogP contribution in [0.3, 0.4) is 0 Å². The molecule has 8 heteroatoms. The number of tetrazole rings is 1. The second-order valence-corrected chi connectivity index (χ2v) is 6.92. The van der Waals surface area contributed by atoms with E-state index in [4.69, 9.17) is 0 Å². The second-order valence-electron chi connectivity index (χ2n) is 5.97. The molecule has 1 aromatic carbocycles. The van der Waals surface area contributed by atoms with E-state index in [1.807, 2.05) is 12.1 Å². The summed E-state index contributed by atoms with van der Waals surface area (Å²) in [5.41, 5.74) is 2.15. The number of unbranched alkanes of at least 4 members (excludes halogenated alkanes) is 1. The van der Waals surface area contributed by atoms with Crippen molar-refractivity contribution >= 4 is 23.6 Å². The summed E-state index contributed by atoms with van der Waals surface area (Å²) in [6.07, 6.45) is 4.61. The molecule has 1 aliphatic heterocycles. The Balaban J connectivity index is 1.64. The molecule has 1 aliphatic rings. The number of thioether (sulfide) groups is 1. The monoisotopic (exact) mass is 359 g/mol. The van der Waals surface area contributed by atoms with Gasteiger partial charge >= 0.3 is 0 Å². The minimum atomic E-state index is -0.183. The molecule has 0 unspecified atom stereocenters. The molecule has 0 saturated carbocycles. The molecule has 132 valence electrons. The van der Waals surface area contributed by atoms with Crippen LogP contribution in [-0.4, -0.2) is 49.2 Å². The quantitative estimate of drug-likeness (QED) is 0.705. The number of imide groups is 1. The molecule has 1 fully saturated rings. The third kappa shape index (κ3) is 4.25. The molecule has 0 spiro atoms. The number of hydrogen-bond acceptors (Lipinski definition) is 6. The zero-order valence-corrected chi connectivity index (χ0v) is 15.0. The van der Waals surface area contributed by atoms with Crippen LogP contribution in [0, 0.1) is 0 Å². The molecule has 2 heterocycles. The van der Waals surface area contributed by atoms with Gasteiger partial charge in [0.2, 0.25) is 17.0 Å². The number of benzene rings is 1. The van der Waals surface area contributed by atoms with Crippen molar-refractivity contribution in [3.05, 3.63) is 29.8 Å². The average molecular weight is 359 g/mol. The van der Waals surface area contributed by atoms with Crippen molar-refractivity contribution < 1.29 is 9.59 Å². The molecule has 2 amide bonds. The van der Waals surface area contributed by atoms with Gasteiger partial charge in [-0.1, -0.05) is 37.2 Å². The van der Waals surface area contributed by atoms with Crippen LogP contribution in [0.2, 0.25) is 0 Å². The van der Waals surface area contributed by atoms with Crippen LogP contribution in [-0.2, 0) is 16.0 Å². The number of nitrogens with zero attached hydrogens (tertiary/aromatic N) is 5. The van der Waals surface area contributed by atoms with Gasteiger partial charge < -0.3 is 0 Å². The molecule has 0 bridgehead atoms. The lowest BCUT2D eigenvalue weighted by Crippen LogP contribution is -2.33. The van der Waals surface area contributed by atoms with Gasteiger partial charge in [0, 0.05) is 13.0 Å². The van der Waals surface area contributed by atoms with Gasteiger partial charge in [0.05, 0.1) is 11.4 Å². The number of carbonyl (C=O) groups excluding carboxylic acids is 2. The summed E-state index contributed by atoms with van der Waals surface area (Å²) in [7, 11) is 0. The molecule has 7 nitrogen and oxygen atoms in total. The van der Waals surface area contributed by atoms with Crippen LogP contribution in [0.5, 0.6) is 0 Å². The molecular weight excluding hydrogens is 338 g/mol. The fraction of sp³-hybridized carbons (Fsp3) is 0.471. The molecule has 25 heavy (non-hydrogen) atoms. The Morgan fingerprint density at radius 2 is 2.08 bits per heavy atom. The van der Waals surface area contributed by atoms with E-state index in [0.717, 1.165) is 18.5 Å². The van der Waals surface area contributed by atoms with Crippen molar-refractivity contribution in [3.63, 3.8) is 0 Å². The van der Waals surface area contributed by atoms with E-state index in [-0.39, 0.29) is 17.6 Å². The Kier molecular flexibility index (Phi) is 5.80. The normalized spacial score (nSPS) is 14.3. The van der Waals surface area contributed by atoms with Gasteiger partial charge in [0.25, 0.3) is 0 Å². The highest BCUT2D eigenvalue weighted by Crippen LogP contribution is 2.20. The van der Waals surface area contributed by atoms with Crippen molar-refractivity contribution in [2.24, 2.45) is 0 Å². The molecule has 1 saturated heterocycles. The van der Waals surface area contributed by atoms with E-state index in [1.54, 1.807) is 4.68 Å². The predicted octanol–water partition coefficient (Wildman–Crippen LogP) is 2.25. The highest BCUT2D eigenvalue weighted by Gasteiger charge is 2.26. The number of likely N-dealkylation sites (tertiary alicyclic amines) is 1. The van der Waals surface area contributed by atoms with Crippen molar-refractivity contribution in [2.75, 3.05) is 12.3 Å². The molecule has 1 aromatic heterocycles. The number of rotatable bonds is 7. The van der Waals surface area contributed by atoms with E-state index in [0.29, 0.717) is 18.1 Å². The van der Waals surface area contributed by atoms with Gasteiger partial charge in [-0.15, -0.1) is 5.10 Å². The molecule has 0 aliphatic carbocycles. The molecular formula is C17H21N5O2S. The lowest BCUT2D eigenvalue weighted by Gasteiger charge is -2.12. The lowest BCUT2D eigenvalue weighted by molar-refractivity contribution is -0.140. The number of aromatic nitrogens is 4. The Morgan fingerprint density at radius 1 is 1.28 bits per heavy atom. The number of carbonyl (C=O) groups is 2. The summed E-state index contributed by atoms with van der Waals surface area (Å²) in [4.78, 5) is 25.1. The van der Waals surface area contributed by atoms with Crippen molar-refractivity contribution in [2.45, 2.75) is 44.2 Å². The average Bonchev–Trinajstić information content (AvgIpc) is 3.27.